The number of ether oxygens (including phenoxy) is 3. The van der Waals surface area contributed by atoms with Gasteiger partial charge in [-0.2, -0.15) is 5.26 Å². The van der Waals surface area contributed by atoms with Crippen LogP contribution < -0.4 is 10.5 Å². The number of carbonyl (C=O) groups is 1. The summed E-state index contributed by atoms with van der Waals surface area (Å²) >= 11 is 3.45. The first-order valence-electron chi connectivity index (χ1n) is 8.29. The van der Waals surface area contributed by atoms with Crippen LogP contribution in [0.25, 0.3) is 0 Å². The molecule has 0 fully saturated rings. The lowest BCUT2D eigenvalue weighted by Crippen LogP contribution is -2.26. The topological polar surface area (TPSA) is 94.6 Å². The van der Waals surface area contributed by atoms with Crippen LogP contribution in [0.4, 0.5) is 0 Å². The van der Waals surface area contributed by atoms with Crippen molar-refractivity contribution in [2.45, 2.75) is 32.6 Å². The maximum Gasteiger partial charge on any atom is 0.338 e. The van der Waals surface area contributed by atoms with Crippen molar-refractivity contribution < 1.29 is 19.0 Å². The van der Waals surface area contributed by atoms with Crippen LogP contribution in [0.15, 0.2) is 45.5 Å². The number of nitrogens with two attached hydrogens (primary N) is 1. The van der Waals surface area contributed by atoms with Gasteiger partial charge < -0.3 is 19.9 Å². The minimum atomic E-state index is -0.656. The highest BCUT2D eigenvalue weighted by molar-refractivity contribution is 9.10. The molecule has 0 radical (unpaired) electrons. The van der Waals surface area contributed by atoms with E-state index >= 15 is 0 Å². The summed E-state index contributed by atoms with van der Waals surface area (Å²) in [6.45, 7) is 3.93. The normalized spacial score (nSPS) is 16.8. The highest BCUT2D eigenvalue weighted by Gasteiger charge is 2.37. The Balaban J connectivity index is 2.67. The number of esters is 1. The first-order valence-corrected chi connectivity index (χ1v) is 9.08. The lowest BCUT2D eigenvalue weighted by atomic mass is 9.82. The summed E-state index contributed by atoms with van der Waals surface area (Å²) in [5.74, 6) is -0.0586. The second-order valence-corrected chi connectivity index (χ2v) is 6.48. The second-order valence-electron chi connectivity index (χ2n) is 5.63. The van der Waals surface area contributed by atoms with Gasteiger partial charge >= 0.3 is 5.97 Å². The third kappa shape index (κ3) is 3.86. The minimum Gasteiger partial charge on any atom is -0.496 e. The molecule has 2 rings (SSSR count). The molecule has 2 N–H and O–H groups in total. The summed E-state index contributed by atoms with van der Waals surface area (Å²) in [5, 5.41) is 9.63. The number of halogens is 1. The lowest BCUT2D eigenvalue weighted by Gasteiger charge is -2.28. The van der Waals surface area contributed by atoms with Gasteiger partial charge in [0.2, 0.25) is 5.88 Å². The predicted octanol–water partition coefficient (Wildman–Crippen LogP) is 3.88. The van der Waals surface area contributed by atoms with Gasteiger partial charge in [-0.1, -0.05) is 13.0 Å². The number of hydrogen-bond donors (Lipinski definition) is 1. The number of nitrogens with zero attached hydrogens (tertiary/aromatic N) is 1. The molecule has 26 heavy (non-hydrogen) atoms. The highest BCUT2D eigenvalue weighted by atomic mass is 79.9. The molecule has 0 spiro atoms. The Morgan fingerprint density at radius 2 is 2.15 bits per heavy atom. The average Bonchev–Trinajstić information content (AvgIpc) is 2.61. The van der Waals surface area contributed by atoms with Crippen LogP contribution in [0.5, 0.6) is 5.75 Å². The van der Waals surface area contributed by atoms with E-state index in [0.717, 1.165) is 12.0 Å². The number of rotatable bonds is 6. The van der Waals surface area contributed by atoms with Crippen LogP contribution in [0, 0.1) is 11.3 Å². The van der Waals surface area contributed by atoms with E-state index in [1.807, 2.05) is 13.0 Å². The standard InChI is InChI=1S/C19H21BrN2O4/c1-4-6-15-17(19(23)25-5-2)16(12(10-21)18(22)26-15)11-7-8-14(24-3)13(20)9-11/h7-9,16H,4-6,22H2,1-3H3. The van der Waals surface area contributed by atoms with Crippen molar-refractivity contribution in [3.8, 4) is 11.8 Å². The Bertz CT molecular complexity index is 808. The van der Waals surface area contributed by atoms with Crippen molar-refractivity contribution in [3.05, 3.63) is 51.0 Å². The van der Waals surface area contributed by atoms with Gasteiger partial charge in [-0.25, -0.2) is 4.79 Å². The summed E-state index contributed by atoms with van der Waals surface area (Å²) in [4.78, 5) is 12.7. The molecule has 1 aliphatic heterocycles. The molecule has 7 heteroatoms. The number of benzene rings is 1. The first-order chi connectivity index (χ1) is 12.5. The zero-order chi connectivity index (χ0) is 19.3. The van der Waals surface area contributed by atoms with Crippen LogP contribution in [0.1, 0.15) is 38.2 Å². The van der Waals surface area contributed by atoms with E-state index in [1.165, 1.54) is 0 Å². The summed E-state index contributed by atoms with van der Waals surface area (Å²) in [6, 6.07) is 7.45. The largest absolute Gasteiger partial charge is 0.496 e. The summed E-state index contributed by atoms with van der Waals surface area (Å²) < 4.78 is 16.8. The maximum absolute atomic E-state index is 12.7. The smallest absolute Gasteiger partial charge is 0.338 e. The number of allylic oxidation sites excluding steroid dienone is 2. The van der Waals surface area contributed by atoms with E-state index in [1.54, 1.807) is 26.2 Å². The van der Waals surface area contributed by atoms with Gasteiger partial charge in [-0.3, -0.25) is 0 Å². The van der Waals surface area contributed by atoms with E-state index in [2.05, 4.69) is 22.0 Å². The van der Waals surface area contributed by atoms with Crippen LogP contribution in [0.2, 0.25) is 0 Å². The van der Waals surface area contributed by atoms with Gasteiger partial charge in [-0.15, -0.1) is 0 Å². The Labute approximate surface area is 161 Å². The SMILES string of the molecule is CCCC1=C(C(=O)OCC)C(c2ccc(OC)c(Br)c2)C(C#N)=C(N)O1. The summed E-state index contributed by atoms with van der Waals surface area (Å²) in [6.07, 6.45) is 1.27. The van der Waals surface area contributed by atoms with Crippen molar-refractivity contribution in [1.29, 1.82) is 5.26 Å². The van der Waals surface area contributed by atoms with Crippen molar-refractivity contribution in [1.82, 2.24) is 0 Å². The van der Waals surface area contributed by atoms with Gasteiger partial charge in [0, 0.05) is 6.42 Å². The Morgan fingerprint density at radius 3 is 2.69 bits per heavy atom. The Hall–Kier alpha value is -2.46. The van der Waals surface area contributed by atoms with Crippen molar-refractivity contribution >= 4 is 21.9 Å². The van der Waals surface area contributed by atoms with Gasteiger partial charge in [0.05, 0.1) is 29.7 Å². The van der Waals surface area contributed by atoms with Crippen molar-refractivity contribution in [2.24, 2.45) is 5.73 Å². The Kier molecular flexibility index (Phi) is 6.70. The van der Waals surface area contributed by atoms with E-state index in [-0.39, 0.29) is 18.1 Å². The molecule has 1 aromatic rings. The third-order valence-electron chi connectivity index (χ3n) is 3.98. The molecular weight excluding hydrogens is 400 g/mol. The first kappa shape index (κ1) is 19.9. The van der Waals surface area contributed by atoms with Gasteiger partial charge in [0.25, 0.3) is 0 Å². The number of nitriles is 1. The van der Waals surface area contributed by atoms with Crippen molar-refractivity contribution in [3.63, 3.8) is 0 Å². The molecule has 0 saturated carbocycles. The number of methoxy groups -OCH3 is 1. The lowest BCUT2D eigenvalue weighted by molar-refractivity contribution is -0.139. The molecule has 0 aliphatic carbocycles. The highest BCUT2D eigenvalue weighted by Crippen LogP contribution is 2.42. The molecule has 1 heterocycles. The predicted molar refractivity (Wildman–Crippen MR) is 99.9 cm³/mol. The number of carbonyl (C=O) groups excluding carboxylic acids is 1. The van der Waals surface area contributed by atoms with E-state index in [9.17, 15) is 10.1 Å². The monoisotopic (exact) mass is 420 g/mol. The third-order valence-corrected chi connectivity index (χ3v) is 4.60. The fraction of sp³-hybridized carbons (Fsp3) is 0.368. The summed E-state index contributed by atoms with van der Waals surface area (Å²) in [7, 11) is 1.57. The quantitative estimate of drug-likeness (QED) is 0.701. The van der Waals surface area contributed by atoms with Gasteiger partial charge in [-0.05, 0) is 47.0 Å². The molecule has 1 unspecified atom stereocenters. The molecule has 1 atom stereocenters. The molecule has 0 saturated heterocycles. The van der Waals surface area contributed by atoms with E-state index in [4.69, 9.17) is 19.9 Å². The number of hydrogen-bond acceptors (Lipinski definition) is 6. The minimum absolute atomic E-state index is 0.0148. The molecule has 1 aliphatic rings. The zero-order valence-electron chi connectivity index (χ0n) is 15.0. The summed E-state index contributed by atoms with van der Waals surface area (Å²) in [5.41, 5.74) is 7.20. The van der Waals surface area contributed by atoms with Crippen LogP contribution >= 0.6 is 15.9 Å². The second kappa shape index (κ2) is 8.77. The van der Waals surface area contributed by atoms with Crippen LogP contribution in [-0.2, 0) is 14.3 Å². The zero-order valence-corrected chi connectivity index (χ0v) is 16.6. The average molecular weight is 421 g/mol. The fourth-order valence-electron chi connectivity index (χ4n) is 2.86. The van der Waals surface area contributed by atoms with Gasteiger partial charge in [0.1, 0.15) is 23.2 Å². The maximum atomic E-state index is 12.7. The van der Waals surface area contributed by atoms with Crippen LogP contribution in [0.3, 0.4) is 0 Å². The fourth-order valence-corrected chi connectivity index (χ4v) is 3.42. The van der Waals surface area contributed by atoms with Gasteiger partial charge in [0.15, 0.2) is 0 Å². The molecule has 6 nitrogen and oxygen atoms in total. The molecule has 0 aromatic heterocycles. The molecule has 138 valence electrons. The van der Waals surface area contributed by atoms with Crippen molar-refractivity contribution in [2.75, 3.05) is 13.7 Å². The van der Waals surface area contributed by atoms with E-state index < -0.39 is 11.9 Å². The van der Waals surface area contributed by atoms with Crippen LogP contribution in [-0.4, -0.2) is 19.7 Å². The molecule has 0 bridgehead atoms. The molecule has 0 amide bonds. The Morgan fingerprint density at radius 1 is 1.42 bits per heavy atom. The molecule has 1 aromatic carbocycles. The molecular formula is C19H21BrN2O4. The van der Waals surface area contributed by atoms with E-state index in [0.29, 0.717) is 28.0 Å².